The lowest BCUT2D eigenvalue weighted by atomic mass is 9.89. The molecule has 0 radical (unpaired) electrons. The van der Waals surface area contributed by atoms with Crippen LogP contribution in [0.4, 0.5) is 0 Å². The van der Waals surface area contributed by atoms with E-state index in [-0.39, 0.29) is 5.91 Å². The van der Waals surface area contributed by atoms with E-state index in [1.165, 1.54) is 25.7 Å². The zero-order valence-corrected chi connectivity index (χ0v) is 8.96. The zero-order valence-electron chi connectivity index (χ0n) is 8.96. The second-order valence-electron chi connectivity index (χ2n) is 4.51. The van der Waals surface area contributed by atoms with Crippen LogP contribution in [0.3, 0.4) is 0 Å². The molecule has 0 aliphatic carbocycles. The van der Waals surface area contributed by atoms with Gasteiger partial charge in [-0.3, -0.25) is 4.79 Å². The van der Waals surface area contributed by atoms with Crippen molar-refractivity contribution in [1.29, 1.82) is 0 Å². The zero-order chi connectivity index (χ0) is 9.97. The molecule has 3 nitrogen and oxygen atoms in total. The van der Waals surface area contributed by atoms with Crippen LogP contribution < -0.4 is 5.32 Å². The number of nitrogens with one attached hydrogen (secondary N) is 1. The minimum Gasteiger partial charge on any atom is -0.340 e. The van der Waals surface area contributed by atoms with Gasteiger partial charge < -0.3 is 10.2 Å². The summed E-state index contributed by atoms with van der Waals surface area (Å²) in [5.41, 5.74) is 0. The second kappa shape index (κ2) is 4.30. The number of amides is 1. The van der Waals surface area contributed by atoms with Crippen molar-refractivity contribution in [3.8, 4) is 0 Å². The van der Waals surface area contributed by atoms with Crippen molar-refractivity contribution < 1.29 is 4.79 Å². The summed E-state index contributed by atoms with van der Waals surface area (Å²) < 4.78 is 0. The summed E-state index contributed by atoms with van der Waals surface area (Å²) in [5, 5.41) is 3.38. The third-order valence-corrected chi connectivity index (χ3v) is 3.63. The van der Waals surface area contributed by atoms with Gasteiger partial charge in [0.05, 0.1) is 0 Å². The van der Waals surface area contributed by atoms with E-state index < -0.39 is 0 Å². The minimum atomic E-state index is 0.269. The second-order valence-corrected chi connectivity index (χ2v) is 4.51. The van der Waals surface area contributed by atoms with E-state index in [0.717, 1.165) is 25.6 Å². The molecule has 0 aromatic heterocycles. The van der Waals surface area contributed by atoms with E-state index in [1.54, 1.807) is 6.92 Å². The number of carbonyl (C=O) groups is 1. The highest BCUT2D eigenvalue weighted by atomic mass is 16.2. The molecule has 1 atom stereocenters. The van der Waals surface area contributed by atoms with Gasteiger partial charge >= 0.3 is 0 Å². The molecule has 0 aromatic carbocycles. The Morgan fingerprint density at radius 3 is 2.64 bits per heavy atom. The standard InChI is InChI=1S/C11H20N2O/c1-9(14)13-8-2-3-11(13)10-4-6-12-7-5-10/h10-12H,2-8H2,1H3. The molecule has 2 aliphatic rings. The lowest BCUT2D eigenvalue weighted by molar-refractivity contribution is -0.130. The number of rotatable bonds is 1. The molecule has 1 amide bonds. The van der Waals surface area contributed by atoms with Crippen LogP contribution in [0.2, 0.25) is 0 Å². The predicted molar refractivity (Wildman–Crippen MR) is 56.0 cm³/mol. The summed E-state index contributed by atoms with van der Waals surface area (Å²) in [6, 6.07) is 0.551. The largest absolute Gasteiger partial charge is 0.340 e. The highest BCUT2D eigenvalue weighted by Crippen LogP contribution is 2.29. The van der Waals surface area contributed by atoms with Gasteiger partial charge in [-0.1, -0.05) is 0 Å². The smallest absolute Gasteiger partial charge is 0.219 e. The van der Waals surface area contributed by atoms with E-state index in [1.807, 2.05) is 0 Å². The summed E-state index contributed by atoms with van der Waals surface area (Å²) >= 11 is 0. The lowest BCUT2D eigenvalue weighted by Crippen LogP contribution is -2.42. The fraction of sp³-hybridized carbons (Fsp3) is 0.909. The van der Waals surface area contributed by atoms with E-state index in [0.29, 0.717) is 6.04 Å². The molecule has 1 N–H and O–H groups in total. The molecule has 2 heterocycles. The van der Waals surface area contributed by atoms with Gasteiger partial charge in [-0.05, 0) is 44.7 Å². The maximum atomic E-state index is 11.4. The van der Waals surface area contributed by atoms with Crippen molar-refractivity contribution >= 4 is 5.91 Å². The molecule has 2 fully saturated rings. The van der Waals surface area contributed by atoms with Crippen LogP contribution in [0, 0.1) is 5.92 Å². The fourth-order valence-corrected chi connectivity index (χ4v) is 2.90. The Labute approximate surface area is 85.8 Å². The topological polar surface area (TPSA) is 32.3 Å². The van der Waals surface area contributed by atoms with Gasteiger partial charge in [0, 0.05) is 19.5 Å². The van der Waals surface area contributed by atoms with Crippen molar-refractivity contribution in [2.24, 2.45) is 5.92 Å². The first-order chi connectivity index (χ1) is 6.79. The Morgan fingerprint density at radius 1 is 1.29 bits per heavy atom. The molecule has 0 aromatic rings. The summed E-state index contributed by atoms with van der Waals surface area (Å²) in [5.74, 6) is 1.02. The quantitative estimate of drug-likeness (QED) is 0.678. The third-order valence-electron chi connectivity index (χ3n) is 3.63. The van der Waals surface area contributed by atoms with Crippen molar-refractivity contribution in [2.75, 3.05) is 19.6 Å². The molecule has 14 heavy (non-hydrogen) atoms. The predicted octanol–water partition coefficient (Wildman–Crippen LogP) is 0.997. The van der Waals surface area contributed by atoms with Gasteiger partial charge in [-0.15, -0.1) is 0 Å². The molecule has 2 aliphatic heterocycles. The first kappa shape index (κ1) is 9.97. The van der Waals surface area contributed by atoms with Crippen LogP contribution in [0.5, 0.6) is 0 Å². The van der Waals surface area contributed by atoms with Crippen LogP contribution in [-0.4, -0.2) is 36.5 Å². The van der Waals surface area contributed by atoms with E-state index in [2.05, 4.69) is 10.2 Å². The van der Waals surface area contributed by atoms with Crippen LogP contribution in [0.1, 0.15) is 32.6 Å². The monoisotopic (exact) mass is 196 g/mol. The SMILES string of the molecule is CC(=O)N1CCCC1C1CCNCC1. The third kappa shape index (κ3) is 1.92. The van der Waals surface area contributed by atoms with Gasteiger partial charge in [0.15, 0.2) is 0 Å². The number of piperidine rings is 1. The average molecular weight is 196 g/mol. The molecule has 0 spiro atoms. The number of carbonyl (C=O) groups excluding carboxylic acids is 1. The van der Waals surface area contributed by atoms with Crippen molar-refractivity contribution in [3.05, 3.63) is 0 Å². The van der Waals surface area contributed by atoms with Crippen LogP contribution in [0.25, 0.3) is 0 Å². The van der Waals surface area contributed by atoms with Gasteiger partial charge in [-0.25, -0.2) is 0 Å². The van der Waals surface area contributed by atoms with Gasteiger partial charge in [-0.2, -0.15) is 0 Å². The molecule has 2 rings (SSSR count). The highest BCUT2D eigenvalue weighted by molar-refractivity contribution is 5.73. The summed E-state index contributed by atoms with van der Waals surface area (Å²) in [4.78, 5) is 13.5. The Balaban J connectivity index is 1.97. The summed E-state index contributed by atoms with van der Waals surface area (Å²) in [7, 11) is 0. The number of likely N-dealkylation sites (tertiary alicyclic amines) is 1. The molecule has 0 saturated carbocycles. The molecular weight excluding hydrogens is 176 g/mol. The highest BCUT2D eigenvalue weighted by Gasteiger charge is 2.33. The molecule has 80 valence electrons. The van der Waals surface area contributed by atoms with E-state index >= 15 is 0 Å². The first-order valence-electron chi connectivity index (χ1n) is 5.77. The average Bonchev–Trinajstić information content (AvgIpc) is 2.67. The van der Waals surface area contributed by atoms with Crippen molar-refractivity contribution in [3.63, 3.8) is 0 Å². The molecule has 2 saturated heterocycles. The van der Waals surface area contributed by atoms with Crippen LogP contribution in [-0.2, 0) is 4.79 Å². The minimum absolute atomic E-state index is 0.269. The van der Waals surface area contributed by atoms with Gasteiger partial charge in [0.1, 0.15) is 0 Å². The maximum absolute atomic E-state index is 11.4. The Hall–Kier alpha value is -0.570. The Kier molecular flexibility index (Phi) is 3.06. The van der Waals surface area contributed by atoms with E-state index in [4.69, 9.17) is 0 Å². The Bertz CT molecular complexity index is 211. The van der Waals surface area contributed by atoms with Crippen molar-refractivity contribution in [1.82, 2.24) is 10.2 Å². The normalized spacial score (nSPS) is 29.5. The van der Waals surface area contributed by atoms with Crippen molar-refractivity contribution in [2.45, 2.75) is 38.6 Å². The maximum Gasteiger partial charge on any atom is 0.219 e. The van der Waals surface area contributed by atoms with Crippen LogP contribution >= 0.6 is 0 Å². The fourth-order valence-electron chi connectivity index (χ4n) is 2.90. The van der Waals surface area contributed by atoms with E-state index in [9.17, 15) is 4.79 Å². The molecule has 3 heteroatoms. The number of hydrogen-bond acceptors (Lipinski definition) is 2. The van der Waals surface area contributed by atoms with Gasteiger partial charge in [0.25, 0.3) is 0 Å². The lowest BCUT2D eigenvalue weighted by Gasteiger charge is -2.33. The number of hydrogen-bond donors (Lipinski definition) is 1. The molecular formula is C11H20N2O. The number of nitrogens with zero attached hydrogens (tertiary/aromatic N) is 1. The summed E-state index contributed by atoms with van der Waals surface area (Å²) in [6.07, 6.45) is 4.92. The van der Waals surface area contributed by atoms with Crippen LogP contribution in [0.15, 0.2) is 0 Å². The van der Waals surface area contributed by atoms with Gasteiger partial charge in [0.2, 0.25) is 5.91 Å². The first-order valence-corrected chi connectivity index (χ1v) is 5.77. The molecule has 0 bridgehead atoms. The Morgan fingerprint density at radius 2 is 2.00 bits per heavy atom. The molecule has 1 unspecified atom stereocenters. The summed E-state index contributed by atoms with van der Waals surface area (Å²) in [6.45, 7) is 4.96.